The van der Waals surface area contributed by atoms with Gasteiger partial charge in [0.05, 0.1) is 16.7 Å². The zero-order chi connectivity index (χ0) is 18.9. The molecule has 0 saturated heterocycles. The van der Waals surface area contributed by atoms with Crippen molar-refractivity contribution in [2.45, 2.75) is 30.9 Å². The van der Waals surface area contributed by atoms with E-state index in [1.807, 2.05) is 24.3 Å². The Balaban J connectivity index is 1.88. The zero-order valence-electron chi connectivity index (χ0n) is 14.2. The van der Waals surface area contributed by atoms with E-state index in [1.54, 1.807) is 7.05 Å². The second-order valence-corrected chi connectivity index (χ2v) is 6.37. The number of pyridine rings is 1. The van der Waals surface area contributed by atoms with Crippen molar-refractivity contribution in [1.82, 2.24) is 4.98 Å². The van der Waals surface area contributed by atoms with Crippen LogP contribution in [0.15, 0.2) is 36.5 Å². The average molecular weight is 364 g/mol. The molecule has 1 aliphatic carbocycles. The van der Waals surface area contributed by atoms with E-state index < -0.39 is 17.2 Å². The van der Waals surface area contributed by atoms with Crippen molar-refractivity contribution in [3.05, 3.63) is 47.7 Å². The first-order valence-electron chi connectivity index (χ1n) is 8.19. The number of rotatable bonds is 4. The molecule has 8 heteroatoms. The number of carbonyl (C=O) groups excluding carboxylic acids is 1. The number of amides is 1. The lowest BCUT2D eigenvalue weighted by Crippen LogP contribution is -2.46. The van der Waals surface area contributed by atoms with E-state index >= 15 is 0 Å². The molecule has 138 valence electrons. The molecule has 2 aromatic rings. The number of hydrogen-bond donors (Lipinski definition) is 3. The first kappa shape index (κ1) is 18.0. The Labute approximate surface area is 148 Å². The number of hydrogen-bond acceptors (Lipinski definition) is 4. The molecule has 0 atom stereocenters. The normalized spacial score (nSPS) is 15.8. The molecule has 26 heavy (non-hydrogen) atoms. The number of alkyl halides is 3. The van der Waals surface area contributed by atoms with Gasteiger partial charge in [0.15, 0.2) is 0 Å². The molecule has 0 radical (unpaired) electrons. The van der Waals surface area contributed by atoms with Crippen LogP contribution in [0, 0.1) is 0 Å². The van der Waals surface area contributed by atoms with Crippen LogP contribution < -0.4 is 16.4 Å². The summed E-state index contributed by atoms with van der Waals surface area (Å²) in [4.78, 5) is 16.4. The van der Waals surface area contributed by atoms with Gasteiger partial charge in [0.25, 0.3) is 0 Å². The van der Waals surface area contributed by atoms with Crippen LogP contribution in [-0.4, -0.2) is 17.9 Å². The minimum atomic E-state index is -4.56. The second kappa shape index (κ2) is 6.51. The SMILES string of the molecule is CNc1ccc(C2(C(=O)Nc3cc(C(F)(F)F)cnc3N)CCC2)cc1. The third-order valence-electron chi connectivity index (χ3n) is 4.86. The first-order valence-corrected chi connectivity index (χ1v) is 8.19. The van der Waals surface area contributed by atoms with Crippen molar-refractivity contribution in [1.29, 1.82) is 0 Å². The Hall–Kier alpha value is -2.77. The highest BCUT2D eigenvalue weighted by molar-refractivity contribution is 6.01. The molecule has 1 fully saturated rings. The van der Waals surface area contributed by atoms with E-state index in [1.165, 1.54) is 0 Å². The summed E-state index contributed by atoms with van der Waals surface area (Å²) in [7, 11) is 1.80. The Morgan fingerprint density at radius 2 is 1.88 bits per heavy atom. The molecular weight excluding hydrogens is 345 g/mol. The molecule has 0 aliphatic heterocycles. The van der Waals surface area contributed by atoms with Gasteiger partial charge < -0.3 is 16.4 Å². The van der Waals surface area contributed by atoms with Crippen molar-refractivity contribution < 1.29 is 18.0 Å². The molecule has 5 nitrogen and oxygen atoms in total. The molecule has 1 aromatic heterocycles. The quantitative estimate of drug-likeness (QED) is 0.771. The van der Waals surface area contributed by atoms with E-state index in [9.17, 15) is 18.0 Å². The van der Waals surface area contributed by atoms with Crippen LogP contribution >= 0.6 is 0 Å². The number of benzene rings is 1. The van der Waals surface area contributed by atoms with Crippen LogP contribution in [0.4, 0.5) is 30.4 Å². The first-order chi connectivity index (χ1) is 12.3. The Morgan fingerprint density at radius 1 is 1.23 bits per heavy atom. The van der Waals surface area contributed by atoms with Crippen molar-refractivity contribution in [2.24, 2.45) is 0 Å². The highest BCUT2D eigenvalue weighted by atomic mass is 19.4. The highest BCUT2D eigenvalue weighted by Crippen LogP contribution is 2.45. The van der Waals surface area contributed by atoms with Gasteiger partial charge in [-0.05, 0) is 36.6 Å². The molecule has 1 amide bonds. The maximum absolute atomic E-state index is 12.9. The summed E-state index contributed by atoms with van der Waals surface area (Å²) in [6.45, 7) is 0. The van der Waals surface area contributed by atoms with Crippen LogP contribution in [0.25, 0.3) is 0 Å². The molecule has 0 spiro atoms. The van der Waals surface area contributed by atoms with Gasteiger partial charge >= 0.3 is 6.18 Å². The van der Waals surface area contributed by atoms with Crippen LogP contribution in [0.1, 0.15) is 30.4 Å². The van der Waals surface area contributed by atoms with Crippen LogP contribution in [-0.2, 0) is 16.4 Å². The van der Waals surface area contributed by atoms with Gasteiger partial charge in [0, 0.05) is 18.9 Å². The summed E-state index contributed by atoms with van der Waals surface area (Å²) in [5.41, 5.74) is 5.57. The Kier molecular flexibility index (Phi) is 4.52. The lowest BCUT2D eigenvalue weighted by Gasteiger charge is -2.40. The molecule has 1 aromatic carbocycles. The zero-order valence-corrected chi connectivity index (χ0v) is 14.2. The van der Waals surface area contributed by atoms with Gasteiger partial charge in [-0.2, -0.15) is 13.2 Å². The monoisotopic (exact) mass is 364 g/mol. The number of aromatic nitrogens is 1. The van der Waals surface area contributed by atoms with Gasteiger partial charge in [0.1, 0.15) is 5.82 Å². The van der Waals surface area contributed by atoms with Crippen molar-refractivity contribution in [3.8, 4) is 0 Å². The number of nitrogens with one attached hydrogen (secondary N) is 2. The third-order valence-corrected chi connectivity index (χ3v) is 4.86. The molecule has 0 unspecified atom stereocenters. The van der Waals surface area contributed by atoms with E-state index in [0.717, 1.165) is 23.7 Å². The van der Waals surface area contributed by atoms with Crippen molar-refractivity contribution in [3.63, 3.8) is 0 Å². The maximum atomic E-state index is 12.9. The fourth-order valence-corrected chi connectivity index (χ4v) is 3.11. The van der Waals surface area contributed by atoms with Gasteiger partial charge in [-0.15, -0.1) is 0 Å². The summed E-state index contributed by atoms with van der Waals surface area (Å²) in [6.07, 6.45) is -1.77. The molecule has 3 rings (SSSR count). The highest BCUT2D eigenvalue weighted by Gasteiger charge is 2.46. The number of nitrogens with two attached hydrogens (primary N) is 1. The fraction of sp³-hybridized carbons (Fsp3) is 0.333. The topological polar surface area (TPSA) is 80.0 Å². The minimum absolute atomic E-state index is 0.122. The maximum Gasteiger partial charge on any atom is 0.417 e. The third kappa shape index (κ3) is 3.18. The number of halogens is 3. The fourth-order valence-electron chi connectivity index (χ4n) is 3.11. The summed E-state index contributed by atoms with van der Waals surface area (Å²) < 4.78 is 38.7. The molecule has 4 N–H and O–H groups in total. The van der Waals surface area contributed by atoms with E-state index in [4.69, 9.17) is 5.73 Å². The standard InChI is InChI=1S/C18H19F3N4O/c1-23-13-5-3-11(4-6-13)17(7-2-8-17)16(26)25-14-9-12(18(19,20)21)10-24-15(14)22/h3-6,9-10,23H,2,7-8H2,1H3,(H2,22,24)(H,25,26). The van der Waals surface area contributed by atoms with Gasteiger partial charge in [0.2, 0.25) is 5.91 Å². The molecular formula is C18H19F3N4O. The average Bonchev–Trinajstić information content (AvgIpc) is 2.55. The van der Waals surface area contributed by atoms with Crippen molar-refractivity contribution in [2.75, 3.05) is 23.4 Å². The Bertz CT molecular complexity index is 814. The lowest BCUT2D eigenvalue weighted by atomic mass is 9.63. The lowest BCUT2D eigenvalue weighted by molar-refractivity contribution is -0.137. The van der Waals surface area contributed by atoms with Crippen molar-refractivity contribution >= 4 is 23.1 Å². The summed E-state index contributed by atoms with van der Waals surface area (Å²) in [6, 6.07) is 8.26. The molecule has 0 bridgehead atoms. The second-order valence-electron chi connectivity index (χ2n) is 6.37. The minimum Gasteiger partial charge on any atom is -0.388 e. The van der Waals surface area contributed by atoms with Gasteiger partial charge in [-0.25, -0.2) is 4.98 Å². The van der Waals surface area contributed by atoms with Gasteiger partial charge in [-0.1, -0.05) is 18.6 Å². The van der Waals surface area contributed by atoms with Crippen LogP contribution in [0.5, 0.6) is 0 Å². The predicted octanol–water partition coefficient (Wildman–Crippen LogP) is 3.78. The van der Waals surface area contributed by atoms with E-state index in [0.29, 0.717) is 19.0 Å². The van der Waals surface area contributed by atoms with Gasteiger partial charge in [-0.3, -0.25) is 4.79 Å². The number of anilines is 3. The predicted molar refractivity (Wildman–Crippen MR) is 93.8 cm³/mol. The van der Waals surface area contributed by atoms with E-state index in [-0.39, 0.29) is 17.4 Å². The molecule has 1 aliphatic rings. The number of nitrogen functional groups attached to an aromatic ring is 1. The number of carbonyl (C=O) groups is 1. The molecule has 1 saturated carbocycles. The largest absolute Gasteiger partial charge is 0.417 e. The summed E-state index contributed by atoms with van der Waals surface area (Å²) in [5.74, 6) is -0.514. The van der Waals surface area contributed by atoms with Crippen LogP contribution in [0.2, 0.25) is 0 Å². The Morgan fingerprint density at radius 3 is 2.38 bits per heavy atom. The smallest absolute Gasteiger partial charge is 0.388 e. The number of nitrogens with zero attached hydrogens (tertiary/aromatic N) is 1. The molecule has 1 heterocycles. The summed E-state index contributed by atoms with van der Waals surface area (Å²) >= 11 is 0. The van der Waals surface area contributed by atoms with Crippen LogP contribution in [0.3, 0.4) is 0 Å². The summed E-state index contributed by atoms with van der Waals surface area (Å²) in [5, 5.41) is 5.56. The van der Waals surface area contributed by atoms with E-state index in [2.05, 4.69) is 15.6 Å².